The Morgan fingerprint density at radius 2 is 1.58 bits per heavy atom. The van der Waals surface area contributed by atoms with Crippen molar-refractivity contribution in [3.8, 4) is 17.4 Å². The highest BCUT2D eigenvalue weighted by atomic mass is 16.5. The number of piperazine rings is 1. The minimum atomic E-state index is -0.168. The smallest absolute Gasteiger partial charge is 0.322 e. The van der Waals surface area contributed by atoms with Crippen LogP contribution in [-0.4, -0.2) is 63.4 Å². The average molecular weight is 422 g/mol. The zero-order valence-corrected chi connectivity index (χ0v) is 17.9. The van der Waals surface area contributed by atoms with Gasteiger partial charge in [0.2, 0.25) is 5.88 Å². The van der Waals surface area contributed by atoms with Gasteiger partial charge in [0.15, 0.2) is 0 Å². The van der Waals surface area contributed by atoms with Crippen LogP contribution < -0.4 is 24.4 Å². The van der Waals surface area contributed by atoms with Gasteiger partial charge >= 0.3 is 6.03 Å². The van der Waals surface area contributed by atoms with Crippen LogP contribution in [0.15, 0.2) is 48.5 Å². The molecule has 8 heteroatoms. The van der Waals surface area contributed by atoms with Crippen LogP contribution >= 0.6 is 0 Å². The first-order chi connectivity index (χ1) is 15.1. The molecule has 0 saturated carbocycles. The number of hydrogen-bond donors (Lipinski definition) is 1. The normalized spacial score (nSPS) is 13.8. The molecule has 0 unspecified atom stereocenters. The molecule has 1 fully saturated rings. The van der Waals surface area contributed by atoms with Crippen LogP contribution in [0.4, 0.5) is 16.2 Å². The van der Waals surface area contributed by atoms with E-state index in [0.717, 1.165) is 28.1 Å². The summed E-state index contributed by atoms with van der Waals surface area (Å²) in [5.74, 6) is 1.88. The van der Waals surface area contributed by atoms with Crippen LogP contribution in [0.1, 0.15) is 0 Å². The summed E-state index contributed by atoms with van der Waals surface area (Å²) >= 11 is 0. The van der Waals surface area contributed by atoms with Gasteiger partial charge in [-0.3, -0.25) is 0 Å². The number of ether oxygens (including phenoxy) is 3. The van der Waals surface area contributed by atoms with E-state index in [2.05, 4.69) is 15.2 Å². The Bertz CT molecular complexity index is 1060. The first-order valence-corrected chi connectivity index (χ1v) is 10.1. The molecule has 0 aliphatic carbocycles. The van der Waals surface area contributed by atoms with Crippen LogP contribution in [-0.2, 0) is 0 Å². The number of methoxy groups -OCH3 is 3. The van der Waals surface area contributed by atoms with E-state index < -0.39 is 0 Å². The third kappa shape index (κ3) is 4.42. The van der Waals surface area contributed by atoms with E-state index in [1.807, 2.05) is 48.5 Å². The summed E-state index contributed by atoms with van der Waals surface area (Å²) in [7, 11) is 4.82. The van der Waals surface area contributed by atoms with Crippen molar-refractivity contribution >= 4 is 28.3 Å². The van der Waals surface area contributed by atoms with Crippen LogP contribution in [0.5, 0.6) is 17.4 Å². The number of carbonyl (C=O) groups is 1. The highest BCUT2D eigenvalue weighted by molar-refractivity contribution is 5.94. The number of anilines is 2. The third-order valence-corrected chi connectivity index (χ3v) is 5.39. The highest BCUT2D eigenvalue weighted by Gasteiger charge is 2.23. The maximum Gasteiger partial charge on any atom is 0.322 e. The molecule has 4 rings (SSSR count). The van der Waals surface area contributed by atoms with Crippen molar-refractivity contribution in [2.45, 2.75) is 0 Å². The summed E-state index contributed by atoms with van der Waals surface area (Å²) < 4.78 is 16.1. The Morgan fingerprint density at radius 1 is 0.903 bits per heavy atom. The van der Waals surface area contributed by atoms with Crippen LogP contribution in [0.3, 0.4) is 0 Å². The van der Waals surface area contributed by atoms with Gasteiger partial charge in [0, 0.05) is 55.5 Å². The number of para-hydroxylation sites is 1. The largest absolute Gasteiger partial charge is 0.497 e. The molecule has 1 saturated heterocycles. The minimum Gasteiger partial charge on any atom is -0.497 e. The fraction of sp³-hybridized carbons (Fsp3) is 0.304. The van der Waals surface area contributed by atoms with E-state index in [9.17, 15) is 4.79 Å². The predicted molar refractivity (Wildman–Crippen MR) is 121 cm³/mol. The van der Waals surface area contributed by atoms with E-state index in [1.54, 1.807) is 26.2 Å². The number of hydrogen-bond acceptors (Lipinski definition) is 6. The van der Waals surface area contributed by atoms with Crippen LogP contribution in [0, 0.1) is 0 Å². The predicted octanol–water partition coefficient (Wildman–Crippen LogP) is 3.61. The molecule has 8 nitrogen and oxygen atoms in total. The fourth-order valence-electron chi connectivity index (χ4n) is 3.68. The molecule has 31 heavy (non-hydrogen) atoms. The lowest BCUT2D eigenvalue weighted by Crippen LogP contribution is -2.50. The molecule has 2 aromatic carbocycles. The maximum atomic E-state index is 12.9. The molecule has 162 valence electrons. The quantitative estimate of drug-likeness (QED) is 0.677. The Balaban J connectivity index is 1.44. The second-order valence-electron chi connectivity index (χ2n) is 7.21. The van der Waals surface area contributed by atoms with Crippen molar-refractivity contribution in [2.75, 3.05) is 57.7 Å². The van der Waals surface area contributed by atoms with Gasteiger partial charge in [-0.2, -0.15) is 0 Å². The monoisotopic (exact) mass is 422 g/mol. The number of amides is 2. The average Bonchev–Trinajstić information content (AvgIpc) is 2.83. The standard InChI is InChI=1S/C23H26N4O4/c1-29-18-13-17(14-19(15-18)30-2)26-8-10-27(11-9-26)23(28)25-21-12-16-6-4-5-7-20(16)24-22(21)31-3/h4-7,12-15H,8-11H2,1-3H3,(H,25,28). The Morgan fingerprint density at radius 3 is 2.23 bits per heavy atom. The van der Waals surface area contributed by atoms with Crippen molar-refractivity contribution in [2.24, 2.45) is 0 Å². The van der Waals surface area contributed by atoms with Crippen molar-refractivity contribution in [1.29, 1.82) is 0 Å². The van der Waals surface area contributed by atoms with E-state index in [-0.39, 0.29) is 6.03 Å². The third-order valence-electron chi connectivity index (χ3n) is 5.39. The van der Waals surface area contributed by atoms with Crippen LogP contribution in [0.25, 0.3) is 10.9 Å². The van der Waals surface area contributed by atoms with Gasteiger partial charge in [0.25, 0.3) is 0 Å². The molecule has 1 aliphatic rings. The zero-order valence-electron chi connectivity index (χ0n) is 17.9. The molecule has 1 aliphatic heterocycles. The van der Waals surface area contributed by atoms with Gasteiger partial charge in [-0.1, -0.05) is 18.2 Å². The number of nitrogens with one attached hydrogen (secondary N) is 1. The minimum absolute atomic E-state index is 0.168. The summed E-state index contributed by atoms with van der Waals surface area (Å²) in [4.78, 5) is 21.4. The summed E-state index contributed by atoms with van der Waals surface area (Å²) in [6, 6.07) is 15.2. The molecule has 2 amide bonds. The summed E-state index contributed by atoms with van der Waals surface area (Å²) in [6.07, 6.45) is 0. The van der Waals surface area contributed by atoms with Gasteiger partial charge in [-0.05, 0) is 12.1 Å². The lowest BCUT2D eigenvalue weighted by Gasteiger charge is -2.36. The van der Waals surface area contributed by atoms with E-state index in [0.29, 0.717) is 37.7 Å². The number of benzene rings is 2. The second kappa shape index (κ2) is 8.99. The number of nitrogens with zero attached hydrogens (tertiary/aromatic N) is 3. The number of carbonyl (C=O) groups excluding carboxylic acids is 1. The molecule has 3 aromatic rings. The number of fused-ring (bicyclic) bond motifs is 1. The fourth-order valence-corrected chi connectivity index (χ4v) is 3.68. The van der Waals surface area contributed by atoms with Gasteiger partial charge in [-0.25, -0.2) is 9.78 Å². The lowest BCUT2D eigenvalue weighted by atomic mass is 10.2. The zero-order chi connectivity index (χ0) is 21.8. The molecular formula is C23H26N4O4. The number of aromatic nitrogens is 1. The molecule has 1 N–H and O–H groups in total. The summed E-state index contributed by atoms with van der Waals surface area (Å²) in [6.45, 7) is 2.59. The molecular weight excluding hydrogens is 396 g/mol. The molecule has 0 spiro atoms. The summed E-state index contributed by atoms with van der Waals surface area (Å²) in [5, 5.41) is 3.90. The second-order valence-corrected chi connectivity index (χ2v) is 7.21. The van der Waals surface area contributed by atoms with Gasteiger partial charge in [-0.15, -0.1) is 0 Å². The topological polar surface area (TPSA) is 76.2 Å². The van der Waals surface area contributed by atoms with Crippen molar-refractivity contribution in [3.63, 3.8) is 0 Å². The first kappa shape index (κ1) is 20.6. The Labute approximate surface area is 181 Å². The van der Waals surface area contributed by atoms with Crippen molar-refractivity contribution in [1.82, 2.24) is 9.88 Å². The summed E-state index contributed by atoms with van der Waals surface area (Å²) in [5.41, 5.74) is 2.39. The maximum absolute atomic E-state index is 12.9. The van der Waals surface area contributed by atoms with Crippen molar-refractivity contribution < 1.29 is 19.0 Å². The number of pyridine rings is 1. The molecule has 0 radical (unpaired) electrons. The number of rotatable bonds is 5. The van der Waals surface area contributed by atoms with E-state index in [4.69, 9.17) is 14.2 Å². The molecule has 1 aromatic heterocycles. The van der Waals surface area contributed by atoms with Crippen molar-refractivity contribution in [3.05, 3.63) is 48.5 Å². The van der Waals surface area contributed by atoms with Gasteiger partial charge in [0.05, 0.1) is 26.8 Å². The van der Waals surface area contributed by atoms with Gasteiger partial charge < -0.3 is 29.3 Å². The SMILES string of the molecule is COc1cc(OC)cc(N2CCN(C(=O)Nc3cc4ccccc4nc3OC)CC2)c1. The van der Waals surface area contributed by atoms with Crippen LogP contribution in [0.2, 0.25) is 0 Å². The molecule has 0 bridgehead atoms. The Hall–Kier alpha value is -3.68. The van der Waals surface area contributed by atoms with E-state index >= 15 is 0 Å². The lowest BCUT2D eigenvalue weighted by molar-refractivity contribution is 0.208. The highest BCUT2D eigenvalue weighted by Crippen LogP contribution is 2.30. The van der Waals surface area contributed by atoms with E-state index in [1.165, 1.54) is 0 Å². The number of urea groups is 1. The molecule has 2 heterocycles. The van der Waals surface area contributed by atoms with Gasteiger partial charge in [0.1, 0.15) is 17.2 Å². The molecule has 0 atom stereocenters. The first-order valence-electron chi connectivity index (χ1n) is 10.1. The Kier molecular flexibility index (Phi) is 5.97.